The molecule has 2 saturated carbocycles. The molecule has 0 bridgehead atoms. The molecule has 4 atom stereocenters. The molecule has 8 nitrogen and oxygen atoms in total. The van der Waals surface area contributed by atoms with Gasteiger partial charge in [0, 0.05) is 41.8 Å². The molecule has 3 saturated heterocycles. The molecule has 2 aliphatic carbocycles. The number of nitrogens with two attached hydrogens (primary N) is 1. The lowest BCUT2D eigenvalue weighted by molar-refractivity contribution is 0.0649. The highest BCUT2D eigenvalue weighted by Crippen LogP contribution is 2.66. The molecule has 12 heteroatoms. The number of nitrogen functional groups attached to an aromatic ring is 1. The number of ether oxygens (including phenoxy) is 2. The third kappa shape index (κ3) is 5.89. The first-order valence-electron chi connectivity index (χ1n) is 20.7. The zero-order valence-electron chi connectivity index (χ0n) is 33.9. The van der Waals surface area contributed by atoms with Crippen molar-refractivity contribution >= 4 is 41.3 Å². The van der Waals surface area contributed by atoms with Gasteiger partial charge in [-0.3, -0.25) is 9.88 Å². The highest BCUT2D eigenvalue weighted by molar-refractivity contribution is 6.90. The number of fused-ring (bicyclic) bond motifs is 5. The van der Waals surface area contributed by atoms with Crippen LogP contribution in [0.5, 0.6) is 6.01 Å². The molecular weight excluding hydrogens is 742 g/mol. The van der Waals surface area contributed by atoms with Crippen molar-refractivity contribution in [3.63, 3.8) is 0 Å². The van der Waals surface area contributed by atoms with Crippen molar-refractivity contribution in [1.82, 2.24) is 19.9 Å². The van der Waals surface area contributed by atoms with Gasteiger partial charge in [-0.1, -0.05) is 65.7 Å². The second kappa shape index (κ2) is 13.7. The zero-order chi connectivity index (χ0) is 40.2. The minimum absolute atomic E-state index is 0.0130. The second-order valence-corrected chi connectivity index (χ2v) is 23.9. The first kappa shape index (κ1) is 38.3. The van der Waals surface area contributed by atoms with Crippen LogP contribution in [0.4, 0.5) is 24.7 Å². The average Bonchev–Trinajstić information content (AvgIpc) is 4.04. The van der Waals surface area contributed by atoms with Crippen LogP contribution in [0.15, 0.2) is 42.6 Å². The Morgan fingerprint density at radius 2 is 1.81 bits per heavy atom. The summed E-state index contributed by atoms with van der Waals surface area (Å²) in [5, 5.41) is 1.40. The Hall–Kier alpha value is -4.18. The van der Waals surface area contributed by atoms with Crippen molar-refractivity contribution in [2.75, 3.05) is 50.1 Å². The fourth-order valence-electron chi connectivity index (χ4n) is 11.3. The van der Waals surface area contributed by atoms with E-state index in [0.29, 0.717) is 76.2 Å². The summed E-state index contributed by atoms with van der Waals surface area (Å²) >= 11 is 0. The Morgan fingerprint density at radius 1 is 1.05 bits per heavy atom. The van der Waals surface area contributed by atoms with Gasteiger partial charge in [-0.2, -0.15) is 9.97 Å². The molecule has 1 spiro atoms. The van der Waals surface area contributed by atoms with Crippen LogP contribution in [0.1, 0.15) is 72.8 Å². The Kier molecular flexibility index (Phi) is 9.22. The fourth-order valence-corrected chi connectivity index (χ4v) is 16.5. The van der Waals surface area contributed by atoms with Gasteiger partial charge < -0.3 is 20.1 Å². The molecular formula is C45H53F3N6O2Si. The van der Waals surface area contributed by atoms with E-state index in [1.165, 1.54) is 17.8 Å². The Balaban J connectivity index is 1.21. The van der Waals surface area contributed by atoms with Crippen LogP contribution in [0.2, 0.25) is 16.6 Å². The molecule has 4 aromatic rings. The third-order valence-corrected chi connectivity index (χ3v) is 20.7. The van der Waals surface area contributed by atoms with Crippen LogP contribution in [0, 0.1) is 34.4 Å². The van der Waals surface area contributed by atoms with Crippen LogP contribution in [-0.2, 0) is 4.74 Å². The predicted molar refractivity (Wildman–Crippen MR) is 223 cm³/mol. The largest absolute Gasteiger partial charge is 0.461 e. The lowest BCUT2D eigenvalue weighted by atomic mass is 9.80. The monoisotopic (exact) mass is 794 g/mol. The van der Waals surface area contributed by atoms with Gasteiger partial charge in [0.1, 0.15) is 43.7 Å². The molecule has 5 heterocycles. The van der Waals surface area contributed by atoms with E-state index in [0.717, 1.165) is 38.8 Å². The molecule has 9 rings (SSSR count). The highest BCUT2D eigenvalue weighted by atomic mass is 28.3. The first-order chi connectivity index (χ1) is 27.2. The molecule has 57 heavy (non-hydrogen) atoms. The number of aromatic nitrogens is 3. The van der Waals surface area contributed by atoms with Crippen molar-refractivity contribution in [1.29, 1.82) is 0 Å². The molecule has 3 aliphatic heterocycles. The van der Waals surface area contributed by atoms with E-state index in [1.807, 2.05) is 4.90 Å². The lowest BCUT2D eigenvalue weighted by Gasteiger charge is -2.38. The van der Waals surface area contributed by atoms with Gasteiger partial charge in [-0.05, 0) is 77.9 Å². The van der Waals surface area contributed by atoms with Gasteiger partial charge in [0.05, 0.1) is 35.7 Å². The number of rotatable bonds is 8. The first-order valence-corrected chi connectivity index (χ1v) is 22.9. The maximum atomic E-state index is 17.6. The van der Waals surface area contributed by atoms with E-state index in [1.54, 1.807) is 18.2 Å². The number of pyridine rings is 1. The minimum atomic E-state index is -2.27. The number of nitrogens with zero attached hydrogens (tertiary/aromatic N) is 5. The number of anilines is 2. The summed E-state index contributed by atoms with van der Waals surface area (Å²) in [4.78, 5) is 18.7. The smallest absolute Gasteiger partial charge is 0.319 e. The maximum Gasteiger partial charge on any atom is 0.319 e. The molecule has 300 valence electrons. The van der Waals surface area contributed by atoms with E-state index < -0.39 is 31.9 Å². The van der Waals surface area contributed by atoms with Gasteiger partial charge in [-0.25, -0.2) is 13.2 Å². The van der Waals surface area contributed by atoms with Gasteiger partial charge in [0.25, 0.3) is 0 Å². The summed E-state index contributed by atoms with van der Waals surface area (Å²) in [6.45, 7) is 20.8. The Labute approximate surface area is 334 Å². The molecule has 0 amide bonds. The van der Waals surface area contributed by atoms with E-state index in [9.17, 15) is 0 Å². The molecule has 2 aromatic heterocycles. The molecule has 2 aromatic carbocycles. The maximum absolute atomic E-state index is 17.6. The van der Waals surface area contributed by atoms with E-state index in [2.05, 4.69) is 64.5 Å². The predicted octanol–water partition coefficient (Wildman–Crippen LogP) is 9.01. The Bertz CT molecular complexity index is 2350. The zero-order valence-corrected chi connectivity index (χ0v) is 34.9. The summed E-state index contributed by atoms with van der Waals surface area (Å²) in [6.07, 6.45) is 4.67. The third-order valence-electron chi connectivity index (χ3n) is 14.4. The highest BCUT2D eigenvalue weighted by Gasteiger charge is 2.67. The van der Waals surface area contributed by atoms with Crippen LogP contribution in [0.25, 0.3) is 32.9 Å². The van der Waals surface area contributed by atoms with E-state index in [4.69, 9.17) is 30.2 Å². The topological polar surface area (TPSA) is 89.6 Å². The Morgan fingerprint density at radius 3 is 2.53 bits per heavy atom. The summed E-state index contributed by atoms with van der Waals surface area (Å²) in [5.74, 6) is 2.16. The number of alkyl halides is 1. The van der Waals surface area contributed by atoms with Gasteiger partial charge >= 0.3 is 6.01 Å². The summed E-state index contributed by atoms with van der Waals surface area (Å²) in [7, 11) is -2.27. The molecule has 0 radical (unpaired) electrons. The molecule has 5 fully saturated rings. The summed E-state index contributed by atoms with van der Waals surface area (Å²) < 4.78 is 61.3. The lowest BCUT2D eigenvalue weighted by Crippen LogP contribution is -2.49. The number of hydrogen-bond donors (Lipinski definition) is 1. The molecule has 2 N–H and O–H groups in total. The van der Waals surface area contributed by atoms with Crippen molar-refractivity contribution in [3.8, 4) is 28.7 Å². The van der Waals surface area contributed by atoms with Gasteiger partial charge in [0.15, 0.2) is 5.82 Å². The quantitative estimate of drug-likeness (QED) is 0.0819. The van der Waals surface area contributed by atoms with Gasteiger partial charge in [0.2, 0.25) is 0 Å². The van der Waals surface area contributed by atoms with E-state index >= 15 is 13.2 Å². The normalized spacial score (nSPS) is 25.4. The van der Waals surface area contributed by atoms with Crippen LogP contribution in [0.3, 0.4) is 0 Å². The molecule has 5 aliphatic rings. The summed E-state index contributed by atoms with van der Waals surface area (Å²) in [5.41, 5.74) is 13.1. The van der Waals surface area contributed by atoms with Crippen molar-refractivity contribution < 1.29 is 22.6 Å². The molecule has 0 unspecified atom stereocenters. The number of hydrogen-bond acceptors (Lipinski definition) is 8. The standard InChI is InChI=1S/C45H53F3N6O2Si/c1-25(2)57(26(3)4,27(5)6)17-10-31-35(46)9-8-29-18-30(49)19-32(36(29)31)39-38(48)40-33(21-50-39)42(54-15-16-55-23-34-37(47)41(34)54)52-43(51-40)56-24-45-20-28(7)22-53(45)14-13-44(45)11-12-44/h8-9,18-19,21,25-27,34,37,41H,7,11-16,20,22-24,49H2,1-6H3/t34-,37-,41-,45-/m0/s1. The van der Waals surface area contributed by atoms with Crippen molar-refractivity contribution in [2.45, 2.75) is 102 Å². The van der Waals surface area contributed by atoms with Crippen molar-refractivity contribution in [3.05, 3.63) is 59.8 Å². The van der Waals surface area contributed by atoms with Crippen molar-refractivity contribution in [2.24, 2.45) is 11.3 Å². The number of benzene rings is 2. The summed E-state index contributed by atoms with van der Waals surface area (Å²) in [6, 6.07) is 5.99. The van der Waals surface area contributed by atoms with Crippen LogP contribution in [-0.4, -0.2) is 85.1 Å². The fraction of sp³-hybridized carbons (Fsp3) is 0.533. The minimum Gasteiger partial charge on any atom is -0.461 e. The van der Waals surface area contributed by atoms with Crippen LogP contribution < -0.4 is 15.4 Å². The number of halogens is 3. The second-order valence-electron chi connectivity index (χ2n) is 18.3. The van der Waals surface area contributed by atoms with Gasteiger partial charge in [-0.15, -0.1) is 5.54 Å². The SMILES string of the molecule is C=C1CN2CCC3(CC3)[C@@]2(COc2nc(N3CCOC[C@H]4[C@H](F)[C@H]43)c3cnc(-c4cc(N)cc5ccc(F)c(C#C[Si](C(C)C)(C(C)C)C(C)C)c45)c(F)c3n2)C1. The van der Waals surface area contributed by atoms with Crippen LogP contribution >= 0.6 is 0 Å². The van der Waals surface area contributed by atoms with E-state index in [-0.39, 0.29) is 39.7 Å². The average molecular weight is 795 g/mol.